The number of likely N-dealkylation sites (tertiary alicyclic amines) is 1. The first-order valence-corrected chi connectivity index (χ1v) is 10.4. The summed E-state index contributed by atoms with van der Waals surface area (Å²) in [4.78, 5) is 38.9. The maximum Gasteiger partial charge on any atom is 0.243 e. The molecule has 4 N–H and O–H groups in total. The zero-order valence-corrected chi connectivity index (χ0v) is 16.1. The van der Waals surface area contributed by atoms with Crippen LogP contribution in [0.2, 0.25) is 0 Å². The predicted molar refractivity (Wildman–Crippen MR) is 99.0 cm³/mol. The highest BCUT2D eigenvalue weighted by atomic mass is 32.2. The lowest BCUT2D eigenvalue weighted by molar-refractivity contribution is -0.140. The smallest absolute Gasteiger partial charge is 0.243 e. The number of carbonyl (C=O) groups excluding carboxylic acids is 3. The lowest BCUT2D eigenvalue weighted by Gasteiger charge is -2.30. The number of nitrogens with two attached hydrogens (primary N) is 1. The highest BCUT2D eigenvalue weighted by Gasteiger charge is 2.47. The van der Waals surface area contributed by atoms with Gasteiger partial charge in [-0.15, -0.1) is 0 Å². The molecule has 142 valence electrons. The highest BCUT2D eigenvalue weighted by molar-refractivity contribution is 7.98. The Morgan fingerprint density at radius 1 is 1.44 bits per heavy atom. The van der Waals surface area contributed by atoms with E-state index in [4.69, 9.17) is 5.73 Å². The second-order valence-electron chi connectivity index (χ2n) is 7.36. The Hall–Kier alpha value is -1.28. The van der Waals surface area contributed by atoms with Crippen LogP contribution in [0.25, 0.3) is 0 Å². The number of amides is 3. The second-order valence-corrected chi connectivity index (χ2v) is 8.35. The van der Waals surface area contributed by atoms with E-state index in [-0.39, 0.29) is 29.7 Å². The minimum Gasteiger partial charge on any atom is -0.368 e. The number of hydrogen-bond donors (Lipinski definition) is 3. The number of primary amides is 1. The molecule has 2 saturated heterocycles. The van der Waals surface area contributed by atoms with Crippen LogP contribution in [0.3, 0.4) is 0 Å². The van der Waals surface area contributed by atoms with Crippen LogP contribution in [0.4, 0.5) is 0 Å². The topological polar surface area (TPSA) is 105 Å². The van der Waals surface area contributed by atoms with Crippen molar-refractivity contribution in [2.75, 3.05) is 25.1 Å². The Kier molecular flexibility index (Phi) is 7.13. The molecule has 2 rings (SSSR count). The first-order chi connectivity index (χ1) is 11.8. The van der Waals surface area contributed by atoms with Gasteiger partial charge in [-0.25, -0.2) is 0 Å². The minimum atomic E-state index is -0.690. The van der Waals surface area contributed by atoms with E-state index in [2.05, 4.69) is 10.6 Å². The van der Waals surface area contributed by atoms with Gasteiger partial charge >= 0.3 is 0 Å². The van der Waals surface area contributed by atoms with Crippen LogP contribution in [0.15, 0.2) is 0 Å². The van der Waals surface area contributed by atoms with Crippen LogP contribution in [-0.4, -0.2) is 65.8 Å². The Bertz CT molecular complexity index is 514. The molecule has 25 heavy (non-hydrogen) atoms. The summed E-state index contributed by atoms with van der Waals surface area (Å²) >= 11 is 1.60. The fourth-order valence-electron chi connectivity index (χ4n) is 3.66. The maximum absolute atomic E-state index is 12.9. The van der Waals surface area contributed by atoms with E-state index in [0.717, 1.165) is 18.7 Å². The van der Waals surface area contributed by atoms with Gasteiger partial charge in [0.25, 0.3) is 0 Å². The molecule has 0 unspecified atom stereocenters. The van der Waals surface area contributed by atoms with Gasteiger partial charge in [-0.2, -0.15) is 11.8 Å². The van der Waals surface area contributed by atoms with E-state index < -0.39 is 18.0 Å². The fraction of sp³-hybridized carbons (Fsp3) is 0.824. The lowest BCUT2D eigenvalue weighted by atomic mass is 10.0. The number of carbonyl (C=O) groups is 3. The molecular weight excluding hydrogens is 340 g/mol. The molecule has 4 atom stereocenters. The first kappa shape index (κ1) is 20.0. The second kappa shape index (κ2) is 8.89. The molecule has 7 nitrogen and oxygen atoms in total. The maximum atomic E-state index is 12.9. The van der Waals surface area contributed by atoms with Crippen molar-refractivity contribution < 1.29 is 14.4 Å². The minimum absolute atomic E-state index is 0.00281. The number of rotatable bonds is 9. The molecule has 0 bridgehead atoms. The SMILES string of the molecule is CSCC[C@H](NC(=O)[C@@H](CC(C)C)N1C[C@@H]2CCN[C@@H]2C1=O)C(N)=O. The van der Waals surface area contributed by atoms with E-state index >= 15 is 0 Å². The summed E-state index contributed by atoms with van der Waals surface area (Å²) in [5, 5.41) is 6.01. The number of nitrogens with one attached hydrogen (secondary N) is 2. The number of thioether (sulfide) groups is 1. The van der Waals surface area contributed by atoms with E-state index in [9.17, 15) is 14.4 Å². The van der Waals surface area contributed by atoms with Crippen molar-refractivity contribution in [3.63, 3.8) is 0 Å². The van der Waals surface area contributed by atoms with E-state index in [0.29, 0.717) is 19.4 Å². The fourth-order valence-corrected chi connectivity index (χ4v) is 4.13. The van der Waals surface area contributed by atoms with Gasteiger partial charge in [0.15, 0.2) is 0 Å². The summed E-state index contributed by atoms with van der Waals surface area (Å²) in [5.41, 5.74) is 5.43. The highest BCUT2D eigenvalue weighted by Crippen LogP contribution is 2.29. The molecule has 0 aromatic carbocycles. The largest absolute Gasteiger partial charge is 0.368 e. The summed E-state index contributed by atoms with van der Waals surface area (Å²) in [7, 11) is 0. The molecule has 2 aliphatic heterocycles. The van der Waals surface area contributed by atoms with Crippen molar-refractivity contribution in [2.24, 2.45) is 17.6 Å². The zero-order chi connectivity index (χ0) is 18.6. The molecule has 3 amide bonds. The monoisotopic (exact) mass is 370 g/mol. The Labute approximate surface area is 153 Å². The van der Waals surface area contributed by atoms with Crippen molar-refractivity contribution in [3.05, 3.63) is 0 Å². The summed E-state index contributed by atoms with van der Waals surface area (Å²) in [6, 6.07) is -1.40. The number of hydrogen-bond acceptors (Lipinski definition) is 5. The van der Waals surface area contributed by atoms with Gasteiger partial charge in [0.2, 0.25) is 17.7 Å². The zero-order valence-electron chi connectivity index (χ0n) is 15.3. The molecule has 0 aliphatic carbocycles. The normalized spacial score (nSPS) is 25.1. The van der Waals surface area contributed by atoms with Crippen LogP contribution in [0, 0.1) is 11.8 Å². The van der Waals surface area contributed by atoms with Gasteiger partial charge in [0, 0.05) is 12.5 Å². The Morgan fingerprint density at radius 3 is 2.72 bits per heavy atom. The van der Waals surface area contributed by atoms with Gasteiger partial charge in [-0.05, 0) is 43.7 Å². The van der Waals surface area contributed by atoms with Gasteiger partial charge < -0.3 is 21.3 Å². The van der Waals surface area contributed by atoms with E-state index in [1.807, 2.05) is 20.1 Å². The Balaban J connectivity index is 2.09. The lowest BCUT2D eigenvalue weighted by Crippen LogP contribution is -2.54. The average Bonchev–Trinajstić information content (AvgIpc) is 3.11. The molecule has 0 aromatic heterocycles. The summed E-state index contributed by atoms with van der Waals surface area (Å²) < 4.78 is 0. The summed E-state index contributed by atoms with van der Waals surface area (Å²) in [6.07, 6.45) is 3.97. The quantitative estimate of drug-likeness (QED) is 0.528. The summed E-state index contributed by atoms with van der Waals surface area (Å²) in [5.74, 6) is 0.472. The molecule has 2 fully saturated rings. The molecule has 2 heterocycles. The van der Waals surface area contributed by atoms with Crippen LogP contribution < -0.4 is 16.4 Å². The van der Waals surface area contributed by atoms with E-state index in [1.54, 1.807) is 16.7 Å². The standard InChI is InChI=1S/C17H30N4O3S/c1-10(2)8-13(16(23)20-12(15(18)22)5-7-25-3)21-9-11-4-6-19-14(11)17(21)24/h10-14,19H,4-9H2,1-3H3,(H2,18,22)(H,20,23)/t11-,12-,13+,14-/m0/s1. The molecular formula is C17H30N4O3S. The van der Waals surface area contributed by atoms with Crippen LogP contribution in [0.1, 0.15) is 33.1 Å². The Morgan fingerprint density at radius 2 is 2.16 bits per heavy atom. The molecule has 0 radical (unpaired) electrons. The van der Waals surface area contributed by atoms with Crippen molar-refractivity contribution in [2.45, 2.75) is 51.2 Å². The average molecular weight is 371 g/mol. The summed E-state index contributed by atoms with van der Waals surface area (Å²) in [6.45, 7) is 5.51. The van der Waals surface area contributed by atoms with Gasteiger partial charge in [0.1, 0.15) is 12.1 Å². The van der Waals surface area contributed by atoms with Crippen molar-refractivity contribution in [1.82, 2.24) is 15.5 Å². The van der Waals surface area contributed by atoms with Crippen LogP contribution in [0.5, 0.6) is 0 Å². The van der Waals surface area contributed by atoms with E-state index in [1.165, 1.54) is 0 Å². The molecule has 2 aliphatic rings. The molecule has 0 spiro atoms. The first-order valence-electron chi connectivity index (χ1n) is 8.97. The predicted octanol–water partition coefficient (Wildman–Crippen LogP) is -0.0554. The van der Waals surface area contributed by atoms with Crippen molar-refractivity contribution in [1.29, 1.82) is 0 Å². The molecule has 0 saturated carbocycles. The molecule has 8 heteroatoms. The number of nitrogens with zero attached hydrogens (tertiary/aromatic N) is 1. The van der Waals surface area contributed by atoms with Crippen molar-refractivity contribution >= 4 is 29.5 Å². The van der Waals surface area contributed by atoms with Gasteiger partial charge in [-0.3, -0.25) is 14.4 Å². The number of fused-ring (bicyclic) bond motifs is 1. The molecule has 0 aromatic rings. The third-order valence-electron chi connectivity index (χ3n) is 4.98. The van der Waals surface area contributed by atoms with Crippen LogP contribution >= 0.6 is 11.8 Å². The van der Waals surface area contributed by atoms with Crippen molar-refractivity contribution in [3.8, 4) is 0 Å². The van der Waals surface area contributed by atoms with Crippen LogP contribution in [-0.2, 0) is 14.4 Å². The van der Waals surface area contributed by atoms with Gasteiger partial charge in [0.05, 0.1) is 6.04 Å². The van der Waals surface area contributed by atoms with Gasteiger partial charge in [-0.1, -0.05) is 13.8 Å². The third-order valence-corrected chi connectivity index (χ3v) is 5.62. The third kappa shape index (κ3) is 4.88.